The third-order valence-corrected chi connectivity index (χ3v) is 2.97. The number of hydrogen-bond acceptors (Lipinski definition) is 3. The van der Waals surface area contributed by atoms with Crippen LogP contribution in [0.3, 0.4) is 0 Å². The Hall–Kier alpha value is -2.23. The molecule has 0 fully saturated rings. The van der Waals surface area contributed by atoms with E-state index < -0.39 is 0 Å². The van der Waals surface area contributed by atoms with Crippen molar-refractivity contribution >= 4 is 10.9 Å². The molecule has 0 amide bonds. The van der Waals surface area contributed by atoms with Gasteiger partial charge in [0.1, 0.15) is 12.0 Å². The molecule has 19 heavy (non-hydrogen) atoms. The van der Waals surface area contributed by atoms with Crippen molar-refractivity contribution < 1.29 is 9.26 Å². The molecule has 1 aromatic carbocycles. The lowest BCUT2D eigenvalue weighted by molar-refractivity contribution is 0.245. The molecule has 0 saturated heterocycles. The maximum absolute atomic E-state index is 5.83. The fourth-order valence-electron chi connectivity index (χ4n) is 2.19. The predicted molar refractivity (Wildman–Crippen MR) is 73.3 cm³/mol. The first-order valence-electron chi connectivity index (χ1n) is 6.37. The Kier molecular flexibility index (Phi) is 2.99. The van der Waals surface area contributed by atoms with Crippen LogP contribution in [0.4, 0.5) is 0 Å². The van der Waals surface area contributed by atoms with Crippen molar-refractivity contribution in [2.24, 2.45) is 0 Å². The molecule has 0 unspecified atom stereocenters. The number of ether oxygens (including phenoxy) is 1. The fourth-order valence-corrected chi connectivity index (χ4v) is 2.19. The van der Waals surface area contributed by atoms with E-state index in [1.165, 1.54) is 0 Å². The quantitative estimate of drug-likeness (QED) is 0.717. The molecule has 4 nitrogen and oxygen atoms in total. The van der Waals surface area contributed by atoms with Crippen molar-refractivity contribution in [3.8, 4) is 5.75 Å². The highest BCUT2D eigenvalue weighted by molar-refractivity contribution is 5.86. The third-order valence-electron chi connectivity index (χ3n) is 2.97. The van der Waals surface area contributed by atoms with Crippen molar-refractivity contribution in [3.05, 3.63) is 48.5 Å². The average Bonchev–Trinajstić information content (AvgIpc) is 3.00. The van der Waals surface area contributed by atoms with E-state index in [0.717, 1.165) is 28.8 Å². The Morgan fingerprint density at radius 3 is 2.95 bits per heavy atom. The van der Waals surface area contributed by atoms with Crippen molar-refractivity contribution in [1.29, 1.82) is 0 Å². The first kappa shape index (κ1) is 11.8. The van der Waals surface area contributed by atoms with Gasteiger partial charge in [-0.15, -0.1) is 0 Å². The molecule has 0 aliphatic rings. The van der Waals surface area contributed by atoms with E-state index in [4.69, 9.17) is 9.26 Å². The Morgan fingerprint density at radius 1 is 1.32 bits per heavy atom. The third kappa shape index (κ3) is 2.34. The van der Waals surface area contributed by atoms with Crippen LogP contribution < -0.4 is 4.74 Å². The first-order valence-corrected chi connectivity index (χ1v) is 6.37. The van der Waals surface area contributed by atoms with Crippen LogP contribution >= 0.6 is 0 Å². The zero-order chi connectivity index (χ0) is 13.2. The number of aromatic nitrogens is 2. The smallest absolute Gasteiger partial charge is 0.129 e. The van der Waals surface area contributed by atoms with Gasteiger partial charge in [0.05, 0.1) is 24.4 Å². The summed E-state index contributed by atoms with van der Waals surface area (Å²) in [5.74, 6) is 0.927. The fraction of sp³-hybridized carbons (Fsp3) is 0.267. The lowest BCUT2D eigenvalue weighted by Crippen LogP contribution is -2.05. The summed E-state index contributed by atoms with van der Waals surface area (Å²) in [5.41, 5.74) is 2.20. The van der Waals surface area contributed by atoms with Gasteiger partial charge in [0.2, 0.25) is 0 Å². The Bertz CT molecular complexity index is 669. The van der Waals surface area contributed by atoms with E-state index >= 15 is 0 Å². The van der Waals surface area contributed by atoms with Crippen molar-refractivity contribution in [1.82, 2.24) is 9.72 Å². The Labute approximate surface area is 111 Å². The second-order valence-electron chi connectivity index (χ2n) is 4.83. The van der Waals surface area contributed by atoms with Gasteiger partial charge in [-0.1, -0.05) is 11.2 Å². The van der Waals surface area contributed by atoms with Crippen LogP contribution in [0, 0.1) is 0 Å². The molecule has 0 radical (unpaired) electrons. The highest BCUT2D eigenvalue weighted by atomic mass is 16.5. The van der Waals surface area contributed by atoms with Gasteiger partial charge < -0.3 is 13.8 Å². The molecule has 0 bridgehead atoms. The normalized spacial score (nSPS) is 11.3. The van der Waals surface area contributed by atoms with Crippen LogP contribution in [0.1, 0.15) is 19.4 Å². The van der Waals surface area contributed by atoms with Gasteiger partial charge in [-0.25, -0.2) is 0 Å². The summed E-state index contributed by atoms with van der Waals surface area (Å²) in [7, 11) is 0. The molecule has 0 N–H and O–H groups in total. The standard InChI is InChI=1S/C15H16N2O2/c1-11(2)19-15-5-3-4-14-13(15)6-7-17(14)9-12-8-16-18-10-12/h3-8,10-11H,9H2,1-2H3. The van der Waals surface area contributed by atoms with E-state index in [-0.39, 0.29) is 6.10 Å². The molecule has 3 aromatic rings. The van der Waals surface area contributed by atoms with Gasteiger partial charge in [0.25, 0.3) is 0 Å². The number of hydrogen-bond donors (Lipinski definition) is 0. The van der Waals surface area contributed by atoms with E-state index in [0.29, 0.717) is 0 Å². The number of benzene rings is 1. The van der Waals surface area contributed by atoms with Gasteiger partial charge in [0.15, 0.2) is 0 Å². The minimum atomic E-state index is 0.173. The second-order valence-corrected chi connectivity index (χ2v) is 4.83. The molecule has 0 atom stereocenters. The molecule has 98 valence electrons. The first-order chi connectivity index (χ1) is 9.24. The molecular formula is C15H16N2O2. The van der Waals surface area contributed by atoms with Gasteiger partial charge in [0, 0.05) is 17.1 Å². The van der Waals surface area contributed by atoms with Crippen LogP contribution in [0.25, 0.3) is 10.9 Å². The van der Waals surface area contributed by atoms with Crippen LogP contribution in [0.5, 0.6) is 5.75 Å². The number of fused-ring (bicyclic) bond motifs is 1. The van der Waals surface area contributed by atoms with Gasteiger partial charge in [-0.3, -0.25) is 0 Å². The summed E-state index contributed by atoms with van der Waals surface area (Å²) in [6.07, 6.45) is 5.64. The predicted octanol–water partition coefficient (Wildman–Crippen LogP) is 3.46. The summed E-state index contributed by atoms with van der Waals surface area (Å²) in [4.78, 5) is 0. The Balaban J connectivity index is 1.99. The molecule has 3 rings (SSSR count). The molecule has 2 aromatic heterocycles. The summed E-state index contributed by atoms with van der Waals surface area (Å²) < 4.78 is 12.9. The summed E-state index contributed by atoms with van der Waals surface area (Å²) in [6.45, 7) is 4.82. The second kappa shape index (κ2) is 4.80. The van der Waals surface area contributed by atoms with Gasteiger partial charge in [-0.2, -0.15) is 0 Å². The van der Waals surface area contributed by atoms with E-state index in [2.05, 4.69) is 28.1 Å². The molecule has 0 aliphatic carbocycles. The highest BCUT2D eigenvalue weighted by Gasteiger charge is 2.08. The maximum Gasteiger partial charge on any atom is 0.129 e. The molecule has 2 heterocycles. The van der Waals surface area contributed by atoms with E-state index in [1.54, 1.807) is 12.5 Å². The van der Waals surface area contributed by atoms with Crippen molar-refractivity contribution in [3.63, 3.8) is 0 Å². The maximum atomic E-state index is 5.83. The lowest BCUT2D eigenvalue weighted by atomic mass is 10.2. The lowest BCUT2D eigenvalue weighted by Gasteiger charge is -2.11. The van der Waals surface area contributed by atoms with Crippen LogP contribution in [-0.4, -0.2) is 15.8 Å². The Morgan fingerprint density at radius 2 is 2.21 bits per heavy atom. The van der Waals surface area contributed by atoms with Gasteiger partial charge >= 0.3 is 0 Å². The average molecular weight is 256 g/mol. The molecular weight excluding hydrogens is 240 g/mol. The van der Waals surface area contributed by atoms with E-state index in [1.807, 2.05) is 26.0 Å². The summed E-state index contributed by atoms with van der Waals surface area (Å²) in [6, 6.07) is 8.20. The monoisotopic (exact) mass is 256 g/mol. The molecule has 0 aliphatic heterocycles. The van der Waals surface area contributed by atoms with Crippen LogP contribution in [0.2, 0.25) is 0 Å². The molecule has 0 spiro atoms. The van der Waals surface area contributed by atoms with Gasteiger partial charge in [-0.05, 0) is 32.0 Å². The number of nitrogens with zero attached hydrogens (tertiary/aromatic N) is 2. The SMILES string of the molecule is CC(C)Oc1cccc2c1ccn2Cc1cnoc1. The zero-order valence-electron chi connectivity index (χ0n) is 11.0. The largest absolute Gasteiger partial charge is 0.490 e. The van der Waals surface area contributed by atoms with Crippen LogP contribution in [0.15, 0.2) is 47.4 Å². The van der Waals surface area contributed by atoms with Crippen LogP contribution in [-0.2, 0) is 6.54 Å². The minimum Gasteiger partial charge on any atom is -0.490 e. The van der Waals surface area contributed by atoms with Crippen molar-refractivity contribution in [2.45, 2.75) is 26.5 Å². The summed E-state index contributed by atoms with van der Waals surface area (Å²) in [5, 5.41) is 4.86. The molecule has 4 heteroatoms. The summed E-state index contributed by atoms with van der Waals surface area (Å²) >= 11 is 0. The molecule has 0 saturated carbocycles. The minimum absolute atomic E-state index is 0.173. The van der Waals surface area contributed by atoms with E-state index in [9.17, 15) is 0 Å². The zero-order valence-corrected chi connectivity index (χ0v) is 11.0. The topological polar surface area (TPSA) is 40.2 Å². The highest BCUT2D eigenvalue weighted by Crippen LogP contribution is 2.27. The number of rotatable bonds is 4. The van der Waals surface area contributed by atoms with Crippen molar-refractivity contribution in [2.75, 3.05) is 0 Å².